The predicted molar refractivity (Wildman–Crippen MR) is 58.1 cm³/mol. The third kappa shape index (κ3) is 2.30. The first-order chi connectivity index (χ1) is 8.00. The van der Waals surface area contributed by atoms with E-state index in [-0.39, 0.29) is 5.57 Å². The van der Waals surface area contributed by atoms with Crippen LogP contribution in [0.2, 0.25) is 0 Å². The third-order valence-corrected chi connectivity index (χ3v) is 2.55. The van der Waals surface area contributed by atoms with E-state index in [1.165, 1.54) is 12.2 Å². The summed E-state index contributed by atoms with van der Waals surface area (Å²) in [4.78, 5) is 11.7. The van der Waals surface area contributed by atoms with Gasteiger partial charge in [-0.2, -0.15) is 13.2 Å². The Bertz CT molecular complexity index is 483. The monoisotopic (exact) mass is 238 g/mol. The van der Waals surface area contributed by atoms with Gasteiger partial charge in [-0.25, -0.2) is 0 Å². The Kier molecular flexibility index (Phi) is 2.88. The summed E-state index contributed by atoms with van der Waals surface area (Å²) < 4.78 is 37.7. The molecule has 0 bridgehead atoms. The maximum Gasteiger partial charge on any atom is 0.402 e. The standard InChI is InChI=1S/C13H9F3O/c14-13(15,16)11-8-4-7-10(12(11)17)9-5-2-1-3-6-9/h1-8,11H. The minimum Gasteiger partial charge on any atom is -0.293 e. The van der Waals surface area contributed by atoms with Crippen LogP contribution in [0.1, 0.15) is 5.56 Å². The van der Waals surface area contributed by atoms with Gasteiger partial charge in [-0.05, 0) is 5.56 Å². The lowest BCUT2D eigenvalue weighted by Gasteiger charge is -2.19. The molecule has 0 N–H and O–H groups in total. The highest BCUT2D eigenvalue weighted by Crippen LogP contribution is 2.34. The minimum absolute atomic E-state index is 0.107. The molecule has 17 heavy (non-hydrogen) atoms. The van der Waals surface area contributed by atoms with Gasteiger partial charge >= 0.3 is 6.18 Å². The maximum atomic E-state index is 12.6. The van der Waals surface area contributed by atoms with Crippen molar-refractivity contribution < 1.29 is 18.0 Å². The van der Waals surface area contributed by atoms with Gasteiger partial charge < -0.3 is 0 Å². The number of halogens is 3. The summed E-state index contributed by atoms with van der Waals surface area (Å²) in [6, 6.07) is 8.36. The Morgan fingerprint density at radius 3 is 2.29 bits per heavy atom. The fraction of sp³-hybridized carbons (Fsp3) is 0.154. The molecule has 1 aliphatic rings. The molecule has 4 heteroatoms. The molecule has 1 aromatic carbocycles. The highest BCUT2D eigenvalue weighted by atomic mass is 19.4. The molecule has 88 valence electrons. The number of benzene rings is 1. The van der Waals surface area contributed by atoms with Crippen LogP contribution in [-0.4, -0.2) is 12.0 Å². The van der Waals surface area contributed by atoms with Gasteiger partial charge in [0.25, 0.3) is 0 Å². The first-order valence-corrected chi connectivity index (χ1v) is 5.05. The second-order valence-corrected chi connectivity index (χ2v) is 3.71. The quantitative estimate of drug-likeness (QED) is 0.733. The van der Waals surface area contributed by atoms with Crippen LogP contribution >= 0.6 is 0 Å². The fourth-order valence-corrected chi connectivity index (χ4v) is 1.71. The van der Waals surface area contributed by atoms with E-state index in [2.05, 4.69) is 0 Å². The van der Waals surface area contributed by atoms with E-state index < -0.39 is 17.9 Å². The van der Waals surface area contributed by atoms with Crippen LogP contribution in [0.4, 0.5) is 13.2 Å². The van der Waals surface area contributed by atoms with Gasteiger partial charge in [0.1, 0.15) is 5.92 Å². The molecule has 2 rings (SSSR count). The van der Waals surface area contributed by atoms with E-state index in [9.17, 15) is 18.0 Å². The van der Waals surface area contributed by atoms with Crippen LogP contribution in [0.15, 0.2) is 48.6 Å². The lowest BCUT2D eigenvalue weighted by molar-refractivity contribution is -0.167. The van der Waals surface area contributed by atoms with Gasteiger partial charge in [-0.1, -0.05) is 48.6 Å². The molecule has 0 radical (unpaired) electrons. The zero-order chi connectivity index (χ0) is 12.5. The highest BCUT2D eigenvalue weighted by molar-refractivity contribution is 6.23. The Labute approximate surface area is 96.3 Å². The van der Waals surface area contributed by atoms with Crippen LogP contribution in [0.25, 0.3) is 5.57 Å². The average molecular weight is 238 g/mol. The maximum absolute atomic E-state index is 12.6. The van der Waals surface area contributed by atoms with Crippen molar-refractivity contribution in [3.63, 3.8) is 0 Å². The van der Waals surface area contributed by atoms with Crippen LogP contribution in [0, 0.1) is 5.92 Å². The molecule has 0 aromatic heterocycles. The third-order valence-electron chi connectivity index (χ3n) is 2.55. The SMILES string of the molecule is O=C1C(c2ccccc2)=CC=CC1C(F)(F)F. The Balaban J connectivity index is 2.36. The summed E-state index contributed by atoms with van der Waals surface area (Å²) in [6.07, 6.45) is -0.946. The lowest BCUT2D eigenvalue weighted by atomic mass is 9.88. The van der Waals surface area contributed by atoms with Crippen molar-refractivity contribution in [2.75, 3.05) is 0 Å². The summed E-state index contributed by atoms with van der Waals surface area (Å²) in [6.45, 7) is 0. The molecular formula is C13H9F3O. The normalized spacial score (nSPS) is 20.3. The number of rotatable bonds is 1. The van der Waals surface area contributed by atoms with E-state index >= 15 is 0 Å². The minimum atomic E-state index is -4.53. The Hall–Kier alpha value is -1.84. The van der Waals surface area contributed by atoms with Crippen molar-refractivity contribution in [2.24, 2.45) is 5.92 Å². The number of allylic oxidation sites excluding steroid dienone is 4. The van der Waals surface area contributed by atoms with Gasteiger partial charge in [0, 0.05) is 5.57 Å². The van der Waals surface area contributed by atoms with E-state index in [1.807, 2.05) is 0 Å². The smallest absolute Gasteiger partial charge is 0.293 e. The summed E-state index contributed by atoms with van der Waals surface area (Å²) >= 11 is 0. The van der Waals surface area contributed by atoms with E-state index in [1.54, 1.807) is 30.3 Å². The van der Waals surface area contributed by atoms with Gasteiger partial charge in [0.05, 0.1) is 0 Å². The van der Waals surface area contributed by atoms with E-state index in [0.717, 1.165) is 6.08 Å². The number of carbonyl (C=O) groups excluding carboxylic acids is 1. The summed E-state index contributed by atoms with van der Waals surface area (Å²) in [7, 11) is 0. The molecule has 0 spiro atoms. The fourth-order valence-electron chi connectivity index (χ4n) is 1.71. The van der Waals surface area contributed by atoms with Gasteiger partial charge in [0.2, 0.25) is 0 Å². The van der Waals surface area contributed by atoms with Crippen molar-refractivity contribution in [3.8, 4) is 0 Å². The van der Waals surface area contributed by atoms with Crippen LogP contribution in [0.5, 0.6) is 0 Å². The molecule has 1 aromatic rings. The topological polar surface area (TPSA) is 17.1 Å². The van der Waals surface area contributed by atoms with Crippen LogP contribution in [0.3, 0.4) is 0 Å². The molecule has 1 atom stereocenters. The molecule has 0 saturated carbocycles. The molecule has 0 saturated heterocycles. The van der Waals surface area contributed by atoms with Crippen LogP contribution in [-0.2, 0) is 4.79 Å². The number of carbonyl (C=O) groups is 1. The molecule has 1 unspecified atom stereocenters. The molecule has 0 heterocycles. The second kappa shape index (κ2) is 4.20. The number of alkyl halides is 3. The lowest BCUT2D eigenvalue weighted by Crippen LogP contribution is -2.30. The summed E-state index contributed by atoms with van der Waals surface area (Å²) in [5, 5.41) is 0. The second-order valence-electron chi connectivity index (χ2n) is 3.71. The van der Waals surface area contributed by atoms with Gasteiger partial charge in [-0.3, -0.25) is 4.79 Å². The number of hydrogen-bond donors (Lipinski definition) is 0. The Morgan fingerprint density at radius 2 is 1.71 bits per heavy atom. The molecule has 1 aliphatic carbocycles. The van der Waals surface area contributed by atoms with Crippen molar-refractivity contribution in [2.45, 2.75) is 6.18 Å². The molecule has 1 nitrogen and oxygen atoms in total. The summed E-state index contributed by atoms with van der Waals surface area (Å²) in [5.41, 5.74) is 0.617. The zero-order valence-corrected chi connectivity index (χ0v) is 8.74. The zero-order valence-electron chi connectivity index (χ0n) is 8.74. The predicted octanol–water partition coefficient (Wildman–Crippen LogP) is 3.39. The van der Waals surface area contributed by atoms with Gasteiger partial charge in [-0.15, -0.1) is 0 Å². The first-order valence-electron chi connectivity index (χ1n) is 5.05. The van der Waals surface area contributed by atoms with Gasteiger partial charge in [0.15, 0.2) is 5.78 Å². The van der Waals surface area contributed by atoms with Crippen molar-refractivity contribution in [3.05, 3.63) is 54.1 Å². The largest absolute Gasteiger partial charge is 0.402 e. The molecular weight excluding hydrogens is 229 g/mol. The van der Waals surface area contributed by atoms with Crippen molar-refractivity contribution in [1.29, 1.82) is 0 Å². The van der Waals surface area contributed by atoms with E-state index in [4.69, 9.17) is 0 Å². The average Bonchev–Trinajstić information content (AvgIpc) is 2.29. The highest BCUT2D eigenvalue weighted by Gasteiger charge is 2.44. The van der Waals surface area contributed by atoms with Crippen molar-refractivity contribution >= 4 is 11.4 Å². The number of ketones is 1. The van der Waals surface area contributed by atoms with E-state index in [0.29, 0.717) is 5.56 Å². The first kappa shape index (κ1) is 11.6. The van der Waals surface area contributed by atoms with Crippen LogP contribution < -0.4 is 0 Å². The summed E-state index contributed by atoms with van der Waals surface area (Å²) in [5.74, 6) is -2.92. The number of hydrogen-bond acceptors (Lipinski definition) is 1. The molecule has 0 amide bonds. The van der Waals surface area contributed by atoms with Crippen molar-refractivity contribution in [1.82, 2.24) is 0 Å². The molecule has 0 aliphatic heterocycles. The number of Topliss-reactive ketones (excluding diaryl/α,β-unsaturated/α-hetero) is 1. The Morgan fingerprint density at radius 1 is 1.06 bits per heavy atom. The molecule has 0 fully saturated rings.